The van der Waals surface area contributed by atoms with Gasteiger partial charge in [-0.2, -0.15) is 0 Å². The number of carbonyl (C=O) groups is 1. The Balaban J connectivity index is 1.93. The zero-order valence-electron chi connectivity index (χ0n) is 13.7. The third kappa shape index (κ3) is 2.65. The number of amides is 1. The topological polar surface area (TPSA) is 91.2 Å². The van der Waals surface area contributed by atoms with E-state index < -0.39 is 0 Å². The minimum absolute atomic E-state index is 0.0284. The van der Waals surface area contributed by atoms with E-state index >= 15 is 0 Å². The van der Waals surface area contributed by atoms with Crippen molar-refractivity contribution < 1.29 is 9.90 Å². The first-order valence-corrected chi connectivity index (χ1v) is 7.85. The molecular weight excluding hydrogens is 296 g/mol. The quantitative estimate of drug-likeness (QED) is 0.849. The molecule has 2 aromatic heterocycles. The van der Waals surface area contributed by atoms with E-state index in [0.29, 0.717) is 24.1 Å². The van der Waals surface area contributed by atoms with Gasteiger partial charge >= 0.3 is 0 Å². The van der Waals surface area contributed by atoms with E-state index in [1.807, 2.05) is 13.8 Å². The van der Waals surface area contributed by atoms with E-state index in [1.54, 1.807) is 16.6 Å². The van der Waals surface area contributed by atoms with Crippen LogP contribution < -0.4 is 5.56 Å². The number of pyridine rings is 1. The second-order valence-corrected chi connectivity index (χ2v) is 6.35. The summed E-state index contributed by atoms with van der Waals surface area (Å²) >= 11 is 0. The predicted octanol–water partition coefficient (Wildman–Crippen LogP) is 0.262. The van der Waals surface area contributed by atoms with Crippen molar-refractivity contribution in [1.29, 1.82) is 0 Å². The number of fused-ring (bicyclic) bond motifs is 1. The van der Waals surface area contributed by atoms with Crippen molar-refractivity contribution in [2.75, 3.05) is 19.7 Å². The van der Waals surface area contributed by atoms with E-state index in [1.165, 1.54) is 0 Å². The molecule has 1 unspecified atom stereocenters. The van der Waals surface area contributed by atoms with Crippen LogP contribution in [0.1, 0.15) is 23.2 Å². The summed E-state index contributed by atoms with van der Waals surface area (Å²) in [5.74, 6) is 0.208. The lowest BCUT2D eigenvalue weighted by Crippen LogP contribution is -2.31. The number of hydrogen-bond donors (Lipinski definition) is 2. The summed E-state index contributed by atoms with van der Waals surface area (Å²) in [5.41, 5.74) is 2.86. The van der Waals surface area contributed by atoms with E-state index in [2.05, 4.69) is 10.1 Å². The molecule has 0 aliphatic carbocycles. The molecule has 7 heteroatoms. The van der Waals surface area contributed by atoms with Crippen molar-refractivity contribution in [1.82, 2.24) is 19.7 Å². The van der Waals surface area contributed by atoms with Gasteiger partial charge in [0, 0.05) is 38.4 Å². The summed E-state index contributed by atoms with van der Waals surface area (Å²) in [6.45, 7) is 5.15. The second-order valence-electron chi connectivity index (χ2n) is 6.35. The van der Waals surface area contributed by atoms with E-state index in [-0.39, 0.29) is 30.4 Å². The zero-order valence-corrected chi connectivity index (χ0v) is 13.7. The third-order valence-corrected chi connectivity index (χ3v) is 4.80. The molecular formula is C16H22N4O3. The number of aliphatic hydroxyl groups excluding tert-OH is 1. The first-order valence-electron chi connectivity index (χ1n) is 7.85. The van der Waals surface area contributed by atoms with Gasteiger partial charge in [-0.15, -0.1) is 0 Å². The van der Waals surface area contributed by atoms with Gasteiger partial charge < -0.3 is 10.0 Å². The van der Waals surface area contributed by atoms with Crippen LogP contribution in [-0.4, -0.2) is 50.4 Å². The fourth-order valence-electron chi connectivity index (χ4n) is 3.38. The van der Waals surface area contributed by atoms with Crippen LogP contribution in [0.15, 0.2) is 4.79 Å². The van der Waals surface area contributed by atoms with Crippen molar-refractivity contribution in [3.63, 3.8) is 0 Å². The minimum atomic E-state index is -0.178. The Morgan fingerprint density at radius 2 is 2.17 bits per heavy atom. The Hall–Kier alpha value is -2.15. The molecule has 0 spiro atoms. The molecule has 124 valence electrons. The van der Waals surface area contributed by atoms with E-state index in [0.717, 1.165) is 23.2 Å². The molecule has 0 bridgehead atoms. The summed E-state index contributed by atoms with van der Waals surface area (Å²) < 4.78 is 1.61. The SMILES string of the molecule is Cc1nc2c(c(C)c1CC(=O)N1CCC(CO)C1)c(=O)[nH]n2C. The molecule has 3 heterocycles. The summed E-state index contributed by atoms with van der Waals surface area (Å²) in [6.07, 6.45) is 1.09. The molecule has 1 atom stereocenters. The molecule has 1 saturated heterocycles. The Labute approximate surface area is 133 Å². The van der Waals surface area contributed by atoms with E-state index in [9.17, 15) is 14.7 Å². The van der Waals surface area contributed by atoms with Crippen LogP contribution in [0.3, 0.4) is 0 Å². The summed E-state index contributed by atoms with van der Waals surface area (Å²) in [5, 5.41) is 12.5. The number of hydrogen-bond acceptors (Lipinski definition) is 4. The molecule has 3 rings (SSSR count). The highest BCUT2D eigenvalue weighted by molar-refractivity contribution is 5.84. The summed E-state index contributed by atoms with van der Waals surface area (Å²) in [6, 6.07) is 0. The standard InChI is InChI=1S/C16H22N4O3/c1-9-12(6-13(22)20-5-4-11(7-20)8-21)10(2)17-15-14(9)16(23)18-19(15)3/h11,21H,4-8H2,1-3H3,(H,18,23). The lowest BCUT2D eigenvalue weighted by atomic mass is 10.0. The van der Waals surface area contributed by atoms with Gasteiger partial charge in [0.15, 0.2) is 5.65 Å². The maximum atomic E-state index is 12.5. The predicted molar refractivity (Wildman–Crippen MR) is 86.3 cm³/mol. The Morgan fingerprint density at radius 1 is 1.43 bits per heavy atom. The number of nitrogens with zero attached hydrogens (tertiary/aromatic N) is 3. The van der Waals surface area contributed by atoms with Crippen LogP contribution in [0.5, 0.6) is 0 Å². The van der Waals surface area contributed by atoms with Crippen LogP contribution in [-0.2, 0) is 18.3 Å². The lowest BCUT2D eigenvalue weighted by Gasteiger charge is -2.18. The number of aromatic amines is 1. The largest absolute Gasteiger partial charge is 0.396 e. The van der Waals surface area contributed by atoms with Gasteiger partial charge in [-0.25, -0.2) is 4.98 Å². The molecule has 1 aliphatic heterocycles. The van der Waals surface area contributed by atoms with Crippen LogP contribution in [0, 0.1) is 19.8 Å². The maximum Gasteiger partial charge on any atom is 0.273 e. The number of H-pyrrole nitrogens is 1. The third-order valence-electron chi connectivity index (χ3n) is 4.80. The van der Waals surface area contributed by atoms with Gasteiger partial charge in [0.25, 0.3) is 5.56 Å². The summed E-state index contributed by atoms with van der Waals surface area (Å²) in [7, 11) is 1.75. The highest BCUT2D eigenvalue weighted by Crippen LogP contribution is 2.22. The number of rotatable bonds is 3. The first kappa shape index (κ1) is 15.7. The molecule has 1 aliphatic rings. The van der Waals surface area contributed by atoms with Crippen LogP contribution in [0.4, 0.5) is 0 Å². The van der Waals surface area contributed by atoms with Crippen molar-refractivity contribution >= 4 is 16.9 Å². The fourth-order valence-corrected chi connectivity index (χ4v) is 3.38. The van der Waals surface area contributed by atoms with Gasteiger partial charge in [0.2, 0.25) is 5.91 Å². The molecule has 0 radical (unpaired) electrons. The number of likely N-dealkylation sites (tertiary alicyclic amines) is 1. The number of aliphatic hydroxyl groups is 1. The maximum absolute atomic E-state index is 12.5. The van der Waals surface area contributed by atoms with Crippen LogP contribution in [0.2, 0.25) is 0 Å². The molecule has 2 aromatic rings. The number of aromatic nitrogens is 3. The number of nitrogens with one attached hydrogen (secondary N) is 1. The average molecular weight is 318 g/mol. The number of aryl methyl sites for hydroxylation is 3. The Morgan fingerprint density at radius 3 is 2.83 bits per heavy atom. The zero-order chi connectivity index (χ0) is 16.7. The van der Waals surface area contributed by atoms with Crippen molar-refractivity contribution in [3.05, 3.63) is 27.2 Å². The highest BCUT2D eigenvalue weighted by atomic mass is 16.3. The molecule has 2 N–H and O–H groups in total. The lowest BCUT2D eigenvalue weighted by molar-refractivity contribution is -0.129. The Kier molecular flexibility index (Phi) is 3.97. The molecule has 0 saturated carbocycles. The van der Waals surface area contributed by atoms with Gasteiger partial charge in [-0.05, 0) is 31.4 Å². The van der Waals surface area contributed by atoms with Gasteiger partial charge in [0.05, 0.1) is 11.8 Å². The molecule has 23 heavy (non-hydrogen) atoms. The average Bonchev–Trinajstić information content (AvgIpc) is 3.08. The summed E-state index contributed by atoms with van der Waals surface area (Å²) in [4.78, 5) is 30.9. The molecule has 1 fully saturated rings. The van der Waals surface area contributed by atoms with Gasteiger partial charge in [-0.3, -0.25) is 19.4 Å². The molecule has 0 aromatic carbocycles. The van der Waals surface area contributed by atoms with E-state index in [4.69, 9.17) is 0 Å². The van der Waals surface area contributed by atoms with Crippen LogP contribution in [0.25, 0.3) is 11.0 Å². The number of carbonyl (C=O) groups excluding carboxylic acids is 1. The molecule has 1 amide bonds. The van der Waals surface area contributed by atoms with Gasteiger partial charge in [-0.1, -0.05) is 0 Å². The van der Waals surface area contributed by atoms with Crippen molar-refractivity contribution in [3.8, 4) is 0 Å². The van der Waals surface area contributed by atoms with Crippen molar-refractivity contribution in [2.24, 2.45) is 13.0 Å². The monoisotopic (exact) mass is 318 g/mol. The first-order chi connectivity index (χ1) is 10.9. The second kappa shape index (κ2) is 5.81. The minimum Gasteiger partial charge on any atom is -0.396 e. The Bertz CT molecular complexity index is 821. The van der Waals surface area contributed by atoms with Crippen molar-refractivity contribution in [2.45, 2.75) is 26.7 Å². The molecule has 7 nitrogen and oxygen atoms in total. The van der Waals surface area contributed by atoms with Crippen LogP contribution >= 0.6 is 0 Å². The smallest absolute Gasteiger partial charge is 0.273 e. The highest BCUT2D eigenvalue weighted by Gasteiger charge is 2.27. The van der Waals surface area contributed by atoms with Gasteiger partial charge in [0.1, 0.15) is 0 Å². The fraction of sp³-hybridized carbons (Fsp3) is 0.562. The normalized spacial score (nSPS) is 18.1.